The van der Waals surface area contributed by atoms with E-state index in [1.807, 2.05) is 25.3 Å². The van der Waals surface area contributed by atoms with Crippen molar-refractivity contribution >= 4 is 23.4 Å². The molecule has 0 amide bonds. The Morgan fingerprint density at radius 1 is 0.590 bits per heavy atom. The minimum absolute atomic E-state index is 0.375. The smallest absolute Gasteiger partial charge is 0.200 e. The van der Waals surface area contributed by atoms with Gasteiger partial charge in [-0.05, 0) is 25.2 Å². The summed E-state index contributed by atoms with van der Waals surface area (Å²) in [6.45, 7) is 2.89. The average Bonchev–Trinajstić information content (AvgIpc) is 3.25. The van der Waals surface area contributed by atoms with Crippen molar-refractivity contribution in [2.45, 2.75) is 58.7 Å². The fourth-order valence-electron chi connectivity index (χ4n) is 8.08. The van der Waals surface area contributed by atoms with Gasteiger partial charge in [0.15, 0.2) is 34.9 Å². The van der Waals surface area contributed by atoms with E-state index in [9.17, 15) is 26.3 Å². The number of hydrogen-bond acceptors (Lipinski definition) is 0. The Hall–Kier alpha value is -2.53. The van der Waals surface area contributed by atoms with Crippen molar-refractivity contribution in [1.29, 1.82) is 0 Å². The standard InChI is InChI=1S/C27H26BF10N/c1-26(2)11-7-8-27(26,3)25(39-9-5-4-6-10-39)12(11)28(13-15(29)19(33)23(37)20(34)16(13)30)14-17(31)21(35)24(38)22(36)18(14)32/h11-12,28H,4-10H2,1-3H3. The van der Waals surface area contributed by atoms with Gasteiger partial charge in [-0.15, -0.1) is 10.9 Å². The first-order valence-electron chi connectivity index (χ1n) is 13.0. The van der Waals surface area contributed by atoms with E-state index in [0.717, 1.165) is 19.3 Å². The highest BCUT2D eigenvalue weighted by Gasteiger charge is 2.67. The number of benzene rings is 2. The van der Waals surface area contributed by atoms with Gasteiger partial charge in [-0.25, -0.2) is 48.5 Å². The van der Waals surface area contributed by atoms with Gasteiger partial charge >= 0.3 is 0 Å². The van der Waals surface area contributed by atoms with Crippen molar-refractivity contribution in [2.24, 2.45) is 16.7 Å². The van der Waals surface area contributed by atoms with Crippen molar-refractivity contribution in [3.05, 3.63) is 58.2 Å². The maximum Gasteiger partial charge on any atom is 0.200 e. The summed E-state index contributed by atoms with van der Waals surface area (Å²) < 4.78 is 150. The molecular weight excluding hydrogens is 539 g/mol. The lowest BCUT2D eigenvalue weighted by molar-refractivity contribution is -0.541. The fraction of sp³-hybridized carbons (Fsp3) is 0.519. The summed E-state index contributed by atoms with van der Waals surface area (Å²) in [7, 11) is 0. The largest absolute Gasteiger partial charge is 0.239 e. The van der Waals surface area contributed by atoms with E-state index in [1.165, 1.54) is 0 Å². The van der Waals surface area contributed by atoms with E-state index in [4.69, 9.17) is 0 Å². The van der Waals surface area contributed by atoms with Crippen LogP contribution in [0.4, 0.5) is 43.9 Å². The molecule has 2 aliphatic carbocycles. The maximum atomic E-state index is 15.4. The lowest BCUT2D eigenvalue weighted by Crippen LogP contribution is -2.58. The first kappa shape index (κ1) is 28.0. The first-order chi connectivity index (χ1) is 18.2. The highest BCUT2D eigenvalue weighted by Crippen LogP contribution is 2.68. The molecule has 12 heteroatoms. The van der Waals surface area contributed by atoms with Gasteiger partial charge < -0.3 is 0 Å². The molecule has 3 unspecified atom stereocenters. The molecule has 1 heterocycles. The normalized spacial score (nSPS) is 26.3. The molecule has 212 valence electrons. The quantitative estimate of drug-likeness (QED) is 0.144. The van der Waals surface area contributed by atoms with Crippen LogP contribution in [-0.4, -0.2) is 30.1 Å². The Labute approximate surface area is 219 Å². The van der Waals surface area contributed by atoms with Gasteiger partial charge in [-0.1, -0.05) is 32.0 Å². The highest BCUT2D eigenvalue weighted by molar-refractivity contribution is 6.89. The molecule has 2 saturated carbocycles. The molecule has 3 aliphatic rings. The molecule has 2 aromatic carbocycles. The second-order valence-electron chi connectivity index (χ2n) is 11.9. The van der Waals surface area contributed by atoms with E-state index in [0.29, 0.717) is 31.6 Å². The zero-order chi connectivity index (χ0) is 28.8. The predicted octanol–water partition coefficient (Wildman–Crippen LogP) is 5.88. The summed E-state index contributed by atoms with van der Waals surface area (Å²) >= 11 is 0. The van der Waals surface area contributed by atoms with Crippen LogP contribution in [-0.2, 0) is 0 Å². The van der Waals surface area contributed by atoms with E-state index < -0.39 is 98.4 Å². The molecule has 1 aliphatic heterocycles. The van der Waals surface area contributed by atoms with Gasteiger partial charge in [0.2, 0.25) is 0 Å². The van der Waals surface area contributed by atoms with Crippen LogP contribution in [0.5, 0.6) is 0 Å². The van der Waals surface area contributed by atoms with E-state index in [2.05, 4.69) is 0 Å². The zero-order valence-electron chi connectivity index (χ0n) is 21.5. The fourth-order valence-corrected chi connectivity index (χ4v) is 8.08. The van der Waals surface area contributed by atoms with E-state index in [-0.39, 0.29) is 0 Å². The van der Waals surface area contributed by atoms with Crippen LogP contribution in [0.2, 0.25) is 5.82 Å². The van der Waals surface area contributed by atoms with Gasteiger partial charge in [0.05, 0.1) is 6.71 Å². The predicted molar refractivity (Wildman–Crippen MR) is 126 cm³/mol. The van der Waals surface area contributed by atoms with Crippen LogP contribution >= 0.6 is 0 Å². The third kappa shape index (κ3) is 3.64. The molecule has 39 heavy (non-hydrogen) atoms. The van der Waals surface area contributed by atoms with Crippen LogP contribution < -0.4 is 10.9 Å². The van der Waals surface area contributed by atoms with Gasteiger partial charge in [0, 0.05) is 18.3 Å². The first-order valence-corrected chi connectivity index (χ1v) is 13.0. The number of hydrogen-bond donors (Lipinski definition) is 0. The summed E-state index contributed by atoms with van der Waals surface area (Å²) in [5.41, 5.74) is -3.92. The maximum absolute atomic E-state index is 15.4. The number of rotatable bonds is 3. The molecule has 0 aromatic heterocycles. The Bertz CT molecular complexity index is 1280. The molecule has 2 aromatic rings. The van der Waals surface area contributed by atoms with Crippen molar-refractivity contribution in [2.75, 3.05) is 13.1 Å². The van der Waals surface area contributed by atoms with Gasteiger partial charge in [-0.2, -0.15) is 0 Å². The van der Waals surface area contributed by atoms with Crippen LogP contribution in [0, 0.1) is 74.9 Å². The van der Waals surface area contributed by atoms with E-state index in [1.54, 1.807) is 0 Å². The number of nitrogens with zero attached hydrogens (tertiary/aromatic N) is 1. The monoisotopic (exact) mass is 565 g/mol. The second-order valence-corrected chi connectivity index (χ2v) is 11.9. The molecular formula is C27H26BF10N. The molecule has 2 bridgehead atoms. The summed E-state index contributed by atoms with van der Waals surface area (Å²) in [5, 5.41) is 0. The molecule has 0 N–H and O–H groups in total. The molecule has 0 radical (unpaired) electrons. The number of fused-ring (bicyclic) bond motifs is 2. The third-order valence-corrected chi connectivity index (χ3v) is 10.2. The Morgan fingerprint density at radius 2 is 0.974 bits per heavy atom. The molecule has 5 rings (SSSR count). The van der Waals surface area contributed by atoms with Crippen molar-refractivity contribution < 1.29 is 48.5 Å². The minimum atomic E-state index is -3.65. The van der Waals surface area contributed by atoms with Crippen LogP contribution in [0.1, 0.15) is 52.9 Å². The molecule has 1 nitrogen and oxygen atoms in total. The van der Waals surface area contributed by atoms with Crippen molar-refractivity contribution in [3.63, 3.8) is 0 Å². The summed E-state index contributed by atoms with van der Waals surface area (Å²) in [6.07, 6.45) is 3.28. The topological polar surface area (TPSA) is 3.01 Å². The molecule has 0 spiro atoms. The third-order valence-electron chi connectivity index (χ3n) is 10.2. The van der Waals surface area contributed by atoms with Gasteiger partial charge in [0.1, 0.15) is 42.1 Å². The van der Waals surface area contributed by atoms with Gasteiger partial charge in [0.25, 0.3) is 0 Å². The molecule has 3 atom stereocenters. The SMILES string of the molecule is CC12CCC(C([BH-](c3c(F)c(F)c(F)c(F)c3F)c3c(F)c(F)c(F)c(F)c3F)C1=[N+]1CCCCC1)C2(C)C. The Morgan fingerprint density at radius 3 is 1.38 bits per heavy atom. The lowest BCUT2D eigenvalue weighted by Gasteiger charge is -2.40. The van der Waals surface area contributed by atoms with Crippen molar-refractivity contribution in [3.8, 4) is 0 Å². The lowest BCUT2D eigenvalue weighted by atomic mass is 9.30. The second kappa shape index (κ2) is 9.26. The van der Waals surface area contributed by atoms with Crippen molar-refractivity contribution in [1.82, 2.24) is 0 Å². The number of piperidine rings is 1. The zero-order valence-corrected chi connectivity index (χ0v) is 21.5. The average molecular weight is 565 g/mol. The van der Waals surface area contributed by atoms with Gasteiger partial charge in [-0.3, -0.25) is 0 Å². The molecule has 3 fully saturated rings. The number of halogens is 10. The van der Waals surface area contributed by atoms with Crippen LogP contribution in [0.3, 0.4) is 0 Å². The Balaban J connectivity index is 1.93. The van der Waals surface area contributed by atoms with Crippen LogP contribution in [0.15, 0.2) is 0 Å². The molecule has 1 saturated heterocycles. The summed E-state index contributed by atoms with van der Waals surface area (Å²) in [6, 6.07) is 0. The van der Waals surface area contributed by atoms with Crippen LogP contribution in [0.25, 0.3) is 0 Å². The summed E-state index contributed by atoms with van der Waals surface area (Å²) in [4.78, 5) is 0. The summed E-state index contributed by atoms with van der Waals surface area (Å²) in [5.74, 6) is -25.5. The Kier molecular flexibility index (Phi) is 6.65. The van der Waals surface area contributed by atoms with E-state index >= 15 is 17.6 Å². The highest BCUT2D eigenvalue weighted by atomic mass is 19.2. The minimum Gasteiger partial charge on any atom is -0.239 e.